The van der Waals surface area contributed by atoms with Crippen LogP contribution in [0.1, 0.15) is 21.7 Å². The minimum Gasteiger partial charge on any atom is -0.478 e. The van der Waals surface area contributed by atoms with Crippen LogP contribution >= 0.6 is 0 Å². The minimum absolute atomic E-state index is 0.0152. The lowest BCUT2D eigenvalue weighted by Crippen LogP contribution is -2.04. The fraction of sp³-hybridized carbons (Fsp3) is 0.143. The number of carboxylic acids is 1. The summed E-state index contributed by atoms with van der Waals surface area (Å²) in [6.07, 6.45) is -1.93. The van der Waals surface area contributed by atoms with Gasteiger partial charge in [-0.25, -0.2) is 4.79 Å². The summed E-state index contributed by atoms with van der Waals surface area (Å²) in [6.45, 7) is 0.0669. The fourth-order valence-corrected chi connectivity index (χ4v) is 1.94. The monoisotopic (exact) mass is 338 g/mol. The summed E-state index contributed by atoms with van der Waals surface area (Å²) in [5.41, 5.74) is -0.418. The van der Waals surface area contributed by atoms with Crippen molar-refractivity contribution in [3.8, 4) is 11.5 Å². The highest BCUT2D eigenvalue weighted by Crippen LogP contribution is 2.30. The van der Waals surface area contributed by atoms with Crippen molar-refractivity contribution in [2.45, 2.75) is 12.7 Å². The Hall–Kier alpha value is -3.17. The van der Waals surface area contributed by atoms with Crippen molar-refractivity contribution in [2.24, 2.45) is 0 Å². The lowest BCUT2D eigenvalue weighted by atomic mass is 10.1. The molecule has 3 rings (SSSR count). The molecule has 2 heterocycles. The third-order valence-corrected chi connectivity index (χ3v) is 3.11. The van der Waals surface area contributed by atoms with E-state index in [0.29, 0.717) is 5.56 Å². The normalized spacial score (nSPS) is 11.6. The summed E-state index contributed by atoms with van der Waals surface area (Å²) < 4.78 is 43.9. The molecule has 0 amide bonds. The molecule has 3 aromatic rings. The number of halogens is 3. The molecule has 0 aliphatic rings. The zero-order valence-electron chi connectivity index (χ0n) is 11.9. The predicted molar refractivity (Wildman–Crippen MR) is 73.0 cm³/mol. The summed E-state index contributed by atoms with van der Waals surface area (Å²) in [5.74, 6) is -0.839. The van der Waals surface area contributed by atoms with Gasteiger partial charge in [-0.1, -0.05) is 5.16 Å². The highest BCUT2D eigenvalue weighted by atomic mass is 19.4. The van der Waals surface area contributed by atoms with Gasteiger partial charge in [0.2, 0.25) is 0 Å². The molecule has 0 atom stereocenters. The second-order valence-electron chi connectivity index (χ2n) is 4.82. The summed E-state index contributed by atoms with van der Waals surface area (Å²) in [7, 11) is 0. The van der Waals surface area contributed by atoms with Gasteiger partial charge in [0.1, 0.15) is 6.54 Å². The molecule has 0 saturated carbocycles. The van der Waals surface area contributed by atoms with Crippen molar-refractivity contribution in [1.82, 2.24) is 19.9 Å². The molecule has 0 aliphatic heterocycles. The first-order valence-corrected chi connectivity index (χ1v) is 6.59. The Morgan fingerprint density at radius 3 is 2.54 bits per heavy atom. The highest BCUT2D eigenvalue weighted by molar-refractivity contribution is 5.86. The van der Waals surface area contributed by atoms with Crippen molar-refractivity contribution < 1.29 is 27.6 Å². The Kier molecular flexibility index (Phi) is 3.80. The molecule has 10 heteroatoms. The first-order valence-electron chi connectivity index (χ1n) is 6.59. The smallest absolute Gasteiger partial charge is 0.416 e. The van der Waals surface area contributed by atoms with Crippen molar-refractivity contribution in [3.63, 3.8) is 0 Å². The molecule has 0 spiro atoms. The van der Waals surface area contributed by atoms with Crippen LogP contribution in [-0.4, -0.2) is 31.0 Å². The van der Waals surface area contributed by atoms with Crippen LogP contribution in [0.3, 0.4) is 0 Å². The molecule has 0 aliphatic carbocycles. The van der Waals surface area contributed by atoms with E-state index >= 15 is 0 Å². The van der Waals surface area contributed by atoms with E-state index in [9.17, 15) is 18.0 Å². The number of benzene rings is 1. The quantitative estimate of drug-likeness (QED) is 0.786. The molecule has 124 valence electrons. The van der Waals surface area contributed by atoms with Gasteiger partial charge < -0.3 is 9.63 Å². The van der Waals surface area contributed by atoms with E-state index in [-0.39, 0.29) is 23.8 Å². The van der Waals surface area contributed by atoms with Gasteiger partial charge in [0.15, 0.2) is 5.82 Å². The number of aromatic carboxylic acids is 1. The molecule has 7 nitrogen and oxygen atoms in total. The first kappa shape index (κ1) is 15.7. The number of aromatic nitrogens is 4. The zero-order chi connectivity index (χ0) is 17.3. The SMILES string of the molecule is O=C(O)c1cnn(Cc2noc(-c3ccc(C(F)(F)F)cc3)n2)c1. The van der Waals surface area contributed by atoms with Crippen molar-refractivity contribution in [1.29, 1.82) is 0 Å². The van der Waals surface area contributed by atoms with Crippen LogP contribution in [0, 0.1) is 0 Å². The number of carbonyl (C=O) groups is 1. The Balaban J connectivity index is 1.76. The summed E-state index contributed by atoms with van der Waals surface area (Å²) in [4.78, 5) is 14.8. The van der Waals surface area contributed by atoms with Gasteiger partial charge in [-0.3, -0.25) is 4.68 Å². The molecular weight excluding hydrogens is 329 g/mol. The molecule has 0 radical (unpaired) electrons. The van der Waals surface area contributed by atoms with Gasteiger partial charge in [0, 0.05) is 11.8 Å². The Morgan fingerprint density at radius 2 is 1.96 bits per heavy atom. The number of alkyl halides is 3. The predicted octanol–water partition coefficient (Wildman–Crippen LogP) is 2.70. The molecule has 0 bridgehead atoms. The lowest BCUT2D eigenvalue weighted by Gasteiger charge is -2.05. The van der Waals surface area contributed by atoms with Gasteiger partial charge in [0.25, 0.3) is 5.89 Å². The van der Waals surface area contributed by atoms with Gasteiger partial charge in [0.05, 0.1) is 17.3 Å². The Bertz CT molecular complexity index is 868. The summed E-state index contributed by atoms with van der Waals surface area (Å²) >= 11 is 0. The minimum atomic E-state index is -4.42. The van der Waals surface area contributed by atoms with Gasteiger partial charge in [-0.15, -0.1) is 0 Å². The van der Waals surface area contributed by atoms with Crippen LogP contribution in [0.2, 0.25) is 0 Å². The molecule has 2 aromatic heterocycles. The van der Waals surface area contributed by atoms with Crippen molar-refractivity contribution >= 4 is 5.97 Å². The Labute approximate surface area is 132 Å². The molecule has 1 N–H and O–H groups in total. The second kappa shape index (κ2) is 5.80. The van der Waals surface area contributed by atoms with Gasteiger partial charge in [-0.2, -0.15) is 23.3 Å². The maximum absolute atomic E-state index is 12.5. The van der Waals surface area contributed by atoms with E-state index in [1.807, 2.05) is 0 Å². The maximum Gasteiger partial charge on any atom is 0.416 e. The van der Waals surface area contributed by atoms with Gasteiger partial charge in [-0.05, 0) is 24.3 Å². The number of hydrogen-bond acceptors (Lipinski definition) is 5. The Morgan fingerprint density at radius 1 is 1.25 bits per heavy atom. The zero-order valence-corrected chi connectivity index (χ0v) is 11.9. The fourth-order valence-electron chi connectivity index (χ4n) is 1.94. The lowest BCUT2D eigenvalue weighted by molar-refractivity contribution is -0.137. The molecule has 1 aromatic carbocycles. The van der Waals surface area contributed by atoms with Crippen LogP contribution in [0.25, 0.3) is 11.5 Å². The summed E-state index contributed by atoms with van der Waals surface area (Å²) in [6, 6.07) is 4.31. The van der Waals surface area contributed by atoms with Crippen LogP contribution < -0.4 is 0 Å². The highest BCUT2D eigenvalue weighted by Gasteiger charge is 2.30. The molecule has 0 saturated heterocycles. The van der Waals surface area contributed by atoms with E-state index in [1.54, 1.807) is 0 Å². The number of hydrogen-bond donors (Lipinski definition) is 1. The number of carboxylic acid groups (broad SMARTS) is 1. The van der Waals surface area contributed by atoms with E-state index in [4.69, 9.17) is 9.63 Å². The molecule has 24 heavy (non-hydrogen) atoms. The third-order valence-electron chi connectivity index (χ3n) is 3.11. The van der Waals surface area contributed by atoms with E-state index < -0.39 is 17.7 Å². The molecule has 0 unspecified atom stereocenters. The van der Waals surface area contributed by atoms with E-state index in [1.165, 1.54) is 29.2 Å². The molecule has 0 fully saturated rings. The standard InChI is InChI=1S/C14H9F3N4O3/c15-14(16,17)10-3-1-8(2-4-10)12-19-11(20-24-12)7-21-6-9(5-18-21)13(22)23/h1-6H,7H2,(H,22,23). The summed E-state index contributed by atoms with van der Waals surface area (Å²) in [5, 5.41) is 16.4. The van der Waals surface area contributed by atoms with E-state index in [2.05, 4.69) is 15.2 Å². The topological polar surface area (TPSA) is 94.0 Å². The molecular formula is C14H9F3N4O3. The van der Waals surface area contributed by atoms with Gasteiger partial charge >= 0.3 is 12.1 Å². The van der Waals surface area contributed by atoms with Crippen molar-refractivity contribution in [2.75, 3.05) is 0 Å². The third kappa shape index (κ3) is 3.26. The van der Waals surface area contributed by atoms with Crippen LogP contribution in [0.15, 0.2) is 41.2 Å². The van der Waals surface area contributed by atoms with E-state index in [0.717, 1.165) is 12.1 Å². The average Bonchev–Trinajstić information content (AvgIpc) is 3.16. The van der Waals surface area contributed by atoms with Crippen LogP contribution in [0.4, 0.5) is 13.2 Å². The second-order valence-corrected chi connectivity index (χ2v) is 4.82. The van der Waals surface area contributed by atoms with Crippen molar-refractivity contribution in [3.05, 3.63) is 53.6 Å². The van der Waals surface area contributed by atoms with Crippen LogP contribution in [-0.2, 0) is 12.7 Å². The average molecular weight is 338 g/mol. The van der Waals surface area contributed by atoms with Crippen LogP contribution in [0.5, 0.6) is 0 Å². The maximum atomic E-state index is 12.5. The largest absolute Gasteiger partial charge is 0.478 e. The first-order chi connectivity index (χ1) is 11.3. The number of nitrogens with zero attached hydrogens (tertiary/aromatic N) is 4. The number of rotatable bonds is 4.